The van der Waals surface area contributed by atoms with Gasteiger partial charge >= 0.3 is 0 Å². The molecule has 0 atom stereocenters. The summed E-state index contributed by atoms with van der Waals surface area (Å²) in [6.45, 7) is 2.32. The summed E-state index contributed by atoms with van der Waals surface area (Å²) in [5.74, 6) is 0. The van der Waals surface area contributed by atoms with Crippen LogP contribution in [-0.2, 0) is 0 Å². The van der Waals surface area contributed by atoms with Crippen molar-refractivity contribution in [2.45, 2.75) is 63.8 Å². The summed E-state index contributed by atoms with van der Waals surface area (Å²) in [5.41, 5.74) is 0.547. The van der Waals surface area contributed by atoms with Crippen LogP contribution in [0.3, 0.4) is 0 Å². The van der Waals surface area contributed by atoms with Crippen LogP contribution >= 0.6 is 0 Å². The lowest BCUT2D eigenvalue weighted by atomic mass is 9.84. The predicted molar refractivity (Wildman–Crippen MR) is 59.0 cm³/mol. The lowest BCUT2D eigenvalue weighted by molar-refractivity contribution is 0.117. The maximum atomic E-state index is 2.49. The zero-order valence-electron chi connectivity index (χ0n) is 9.60. The molecule has 1 fully saturated rings. The number of nitrogens with zero attached hydrogens (tertiary/aromatic N) is 1. The van der Waals surface area contributed by atoms with Crippen LogP contribution in [0, 0.1) is 0 Å². The van der Waals surface area contributed by atoms with Crippen LogP contribution in [0.4, 0.5) is 0 Å². The second-order valence-electron chi connectivity index (χ2n) is 4.78. The second-order valence-corrected chi connectivity index (χ2v) is 4.78. The molecular formula is C12H25N. The van der Waals surface area contributed by atoms with Crippen LogP contribution in [0.15, 0.2) is 0 Å². The topological polar surface area (TPSA) is 3.24 Å². The molecule has 0 bridgehead atoms. The Morgan fingerprint density at radius 1 is 1.00 bits per heavy atom. The average molecular weight is 183 g/mol. The average Bonchev–Trinajstić information content (AvgIpc) is 2.31. The molecule has 0 unspecified atom stereocenters. The second kappa shape index (κ2) is 4.99. The molecule has 1 rings (SSSR count). The molecule has 0 aromatic carbocycles. The smallest absolute Gasteiger partial charge is 0.0203 e. The van der Waals surface area contributed by atoms with Gasteiger partial charge in [0.2, 0.25) is 0 Å². The van der Waals surface area contributed by atoms with E-state index in [-0.39, 0.29) is 0 Å². The van der Waals surface area contributed by atoms with E-state index in [4.69, 9.17) is 0 Å². The minimum atomic E-state index is 0.547. The summed E-state index contributed by atoms with van der Waals surface area (Å²) in [4.78, 5) is 2.49. The van der Waals surface area contributed by atoms with Crippen molar-refractivity contribution >= 4 is 0 Å². The zero-order valence-corrected chi connectivity index (χ0v) is 9.60. The first-order valence-electron chi connectivity index (χ1n) is 5.89. The Kier molecular flexibility index (Phi) is 4.24. The van der Waals surface area contributed by atoms with Gasteiger partial charge in [0.15, 0.2) is 0 Å². The molecule has 0 heterocycles. The molecule has 78 valence electrons. The van der Waals surface area contributed by atoms with E-state index < -0.39 is 0 Å². The van der Waals surface area contributed by atoms with Crippen LogP contribution in [0.1, 0.15) is 58.3 Å². The summed E-state index contributed by atoms with van der Waals surface area (Å²) in [6.07, 6.45) is 11.4. The van der Waals surface area contributed by atoms with Gasteiger partial charge in [0.1, 0.15) is 0 Å². The first-order chi connectivity index (χ1) is 6.21. The van der Waals surface area contributed by atoms with Gasteiger partial charge in [-0.05, 0) is 33.4 Å². The SMILES string of the molecule is CCCC1(N(C)C)CCCCCC1. The van der Waals surface area contributed by atoms with Gasteiger partial charge in [-0.25, -0.2) is 0 Å². The summed E-state index contributed by atoms with van der Waals surface area (Å²) >= 11 is 0. The fourth-order valence-electron chi connectivity index (χ4n) is 2.77. The van der Waals surface area contributed by atoms with Gasteiger partial charge < -0.3 is 4.90 Å². The molecular weight excluding hydrogens is 158 g/mol. The highest BCUT2D eigenvalue weighted by Gasteiger charge is 2.31. The molecule has 13 heavy (non-hydrogen) atoms. The summed E-state index contributed by atoms with van der Waals surface area (Å²) in [7, 11) is 4.53. The normalized spacial score (nSPS) is 23.1. The van der Waals surface area contributed by atoms with Crippen molar-refractivity contribution in [2.75, 3.05) is 14.1 Å². The third-order valence-electron chi connectivity index (χ3n) is 3.70. The van der Waals surface area contributed by atoms with Crippen molar-refractivity contribution in [3.63, 3.8) is 0 Å². The van der Waals surface area contributed by atoms with Gasteiger partial charge in [0, 0.05) is 5.54 Å². The van der Waals surface area contributed by atoms with Crippen molar-refractivity contribution in [3.05, 3.63) is 0 Å². The molecule has 1 heteroatoms. The molecule has 0 radical (unpaired) electrons. The minimum absolute atomic E-state index is 0.547. The van der Waals surface area contributed by atoms with Crippen LogP contribution in [-0.4, -0.2) is 24.5 Å². The van der Waals surface area contributed by atoms with Gasteiger partial charge in [0.25, 0.3) is 0 Å². The first kappa shape index (κ1) is 11.0. The van der Waals surface area contributed by atoms with Gasteiger partial charge in [0.05, 0.1) is 0 Å². The van der Waals surface area contributed by atoms with Crippen molar-refractivity contribution in [1.29, 1.82) is 0 Å². The summed E-state index contributed by atoms with van der Waals surface area (Å²) in [5, 5.41) is 0. The number of hydrogen-bond donors (Lipinski definition) is 0. The van der Waals surface area contributed by atoms with Gasteiger partial charge in [-0.2, -0.15) is 0 Å². The third kappa shape index (κ3) is 2.70. The molecule has 0 N–H and O–H groups in total. The van der Waals surface area contributed by atoms with E-state index in [1.807, 2.05) is 0 Å². The van der Waals surface area contributed by atoms with E-state index in [2.05, 4.69) is 25.9 Å². The monoisotopic (exact) mass is 183 g/mol. The fourth-order valence-corrected chi connectivity index (χ4v) is 2.77. The molecule has 0 saturated heterocycles. The highest BCUT2D eigenvalue weighted by atomic mass is 15.1. The van der Waals surface area contributed by atoms with Crippen LogP contribution in [0.25, 0.3) is 0 Å². The lowest BCUT2D eigenvalue weighted by Crippen LogP contribution is -2.43. The maximum Gasteiger partial charge on any atom is 0.0203 e. The van der Waals surface area contributed by atoms with Crippen LogP contribution < -0.4 is 0 Å². The van der Waals surface area contributed by atoms with Crippen molar-refractivity contribution < 1.29 is 0 Å². The van der Waals surface area contributed by atoms with E-state index >= 15 is 0 Å². The van der Waals surface area contributed by atoms with E-state index in [1.165, 1.54) is 51.4 Å². The molecule has 0 aliphatic heterocycles. The van der Waals surface area contributed by atoms with Gasteiger partial charge in [-0.1, -0.05) is 39.0 Å². The quantitative estimate of drug-likeness (QED) is 0.606. The van der Waals surface area contributed by atoms with Crippen molar-refractivity contribution in [3.8, 4) is 0 Å². The molecule has 1 aliphatic rings. The molecule has 1 saturated carbocycles. The summed E-state index contributed by atoms with van der Waals surface area (Å²) in [6, 6.07) is 0. The van der Waals surface area contributed by atoms with Crippen LogP contribution in [0.5, 0.6) is 0 Å². The van der Waals surface area contributed by atoms with Gasteiger partial charge in [-0.15, -0.1) is 0 Å². The largest absolute Gasteiger partial charge is 0.304 e. The lowest BCUT2D eigenvalue weighted by Gasteiger charge is -2.39. The predicted octanol–water partition coefficient (Wildman–Crippen LogP) is 3.44. The Hall–Kier alpha value is -0.0400. The standard InChI is InChI=1S/C12H25N/c1-4-9-12(13(2)3)10-7-5-6-8-11-12/h4-11H2,1-3H3. The zero-order chi connectivity index (χ0) is 9.73. The molecule has 0 aromatic rings. The number of hydrogen-bond acceptors (Lipinski definition) is 1. The summed E-state index contributed by atoms with van der Waals surface area (Å²) < 4.78 is 0. The van der Waals surface area contributed by atoms with E-state index in [0.29, 0.717) is 5.54 Å². The Morgan fingerprint density at radius 3 is 1.92 bits per heavy atom. The highest BCUT2D eigenvalue weighted by molar-refractivity contribution is 4.88. The Morgan fingerprint density at radius 2 is 1.54 bits per heavy atom. The molecule has 1 nitrogen and oxygen atoms in total. The Labute approximate surface area is 83.5 Å². The number of rotatable bonds is 3. The first-order valence-corrected chi connectivity index (χ1v) is 5.89. The molecule has 0 amide bonds. The molecule has 1 aliphatic carbocycles. The van der Waals surface area contributed by atoms with Crippen molar-refractivity contribution in [1.82, 2.24) is 4.90 Å². The Balaban J connectivity index is 2.62. The fraction of sp³-hybridized carbons (Fsp3) is 1.00. The molecule has 0 spiro atoms. The van der Waals surface area contributed by atoms with E-state index in [0.717, 1.165) is 0 Å². The highest BCUT2D eigenvalue weighted by Crippen LogP contribution is 2.34. The minimum Gasteiger partial charge on any atom is -0.304 e. The van der Waals surface area contributed by atoms with Crippen molar-refractivity contribution in [2.24, 2.45) is 0 Å². The van der Waals surface area contributed by atoms with E-state index in [9.17, 15) is 0 Å². The maximum absolute atomic E-state index is 2.49. The van der Waals surface area contributed by atoms with Gasteiger partial charge in [-0.3, -0.25) is 0 Å². The Bertz CT molecular complexity index is 132. The van der Waals surface area contributed by atoms with E-state index in [1.54, 1.807) is 0 Å². The van der Waals surface area contributed by atoms with Crippen LogP contribution in [0.2, 0.25) is 0 Å². The molecule has 0 aromatic heterocycles. The third-order valence-corrected chi connectivity index (χ3v) is 3.70.